The Kier molecular flexibility index (Phi) is 4.83. The number of β-amino-alcohol motifs (C(OH)–C–C–N with tert-alkyl or cyclic N) is 1. The maximum Gasteiger partial charge on any atom is 0.243 e. The number of aliphatic hydroxyl groups excluding tert-OH is 1. The largest absolute Gasteiger partial charge is 0.391 e. The molecular weight excluding hydrogens is 356 g/mol. The lowest BCUT2D eigenvalue weighted by atomic mass is 10.1. The molecule has 0 saturated carbocycles. The molecular formula is C21H22N4O3. The number of rotatable bonds is 4. The average Bonchev–Trinajstić information content (AvgIpc) is 3.30. The van der Waals surface area contributed by atoms with E-state index in [0.29, 0.717) is 6.54 Å². The van der Waals surface area contributed by atoms with E-state index in [4.69, 9.17) is 0 Å². The standard InChI is InChI=1S/C21H22N4O3/c1-14(26)24-12-17(27)10-20(24)21(28)22-11-15-6-8-16(9-7-15)25-13-23-18-4-2-3-5-19(18)25/h2-9,13,17,20,27H,10-12H2,1H3,(H,22,28)/t17-,20-/m1/s1. The molecule has 2 N–H and O–H groups in total. The molecule has 1 fully saturated rings. The van der Waals surface area contributed by atoms with Gasteiger partial charge in [0.15, 0.2) is 0 Å². The van der Waals surface area contributed by atoms with Gasteiger partial charge < -0.3 is 15.3 Å². The molecule has 7 nitrogen and oxygen atoms in total. The predicted molar refractivity (Wildman–Crippen MR) is 105 cm³/mol. The molecule has 1 aliphatic heterocycles. The quantitative estimate of drug-likeness (QED) is 0.722. The molecule has 2 heterocycles. The van der Waals surface area contributed by atoms with E-state index >= 15 is 0 Å². The molecule has 1 aliphatic rings. The van der Waals surface area contributed by atoms with E-state index in [1.54, 1.807) is 6.33 Å². The molecule has 2 atom stereocenters. The summed E-state index contributed by atoms with van der Waals surface area (Å²) in [6, 6.07) is 15.2. The zero-order valence-electron chi connectivity index (χ0n) is 15.6. The van der Waals surface area contributed by atoms with Gasteiger partial charge in [0.25, 0.3) is 0 Å². The van der Waals surface area contributed by atoms with Gasteiger partial charge in [-0.2, -0.15) is 0 Å². The lowest BCUT2D eigenvalue weighted by molar-refractivity contribution is -0.137. The summed E-state index contributed by atoms with van der Waals surface area (Å²) in [4.78, 5) is 29.9. The molecule has 2 aromatic carbocycles. The van der Waals surface area contributed by atoms with E-state index in [-0.39, 0.29) is 24.8 Å². The molecule has 0 aliphatic carbocycles. The summed E-state index contributed by atoms with van der Waals surface area (Å²) in [5, 5.41) is 12.6. The van der Waals surface area contributed by atoms with Gasteiger partial charge in [0.2, 0.25) is 11.8 Å². The normalized spacial score (nSPS) is 19.1. The van der Waals surface area contributed by atoms with E-state index in [1.807, 2.05) is 53.1 Å². The van der Waals surface area contributed by atoms with Gasteiger partial charge in [0.05, 0.1) is 17.1 Å². The topological polar surface area (TPSA) is 87.5 Å². The molecule has 1 aromatic heterocycles. The predicted octanol–water partition coefficient (Wildman–Crippen LogP) is 1.62. The minimum absolute atomic E-state index is 0.200. The summed E-state index contributed by atoms with van der Waals surface area (Å²) >= 11 is 0. The Hall–Kier alpha value is -3.19. The highest BCUT2D eigenvalue weighted by atomic mass is 16.3. The highest BCUT2D eigenvalue weighted by Crippen LogP contribution is 2.20. The summed E-state index contributed by atoms with van der Waals surface area (Å²) < 4.78 is 2.02. The van der Waals surface area contributed by atoms with Gasteiger partial charge in [0.1, 0.15) is 12.4 Å². The number of para-hydroxylation sites is 2. The number of aliphatic hydroxyl groups is 1. The number of nitrogens with zero attached hydrogens (tertiary/aromatic N) is 3. The van der Waals surface area contributed by atoms with Crippen LogP contribution in [-0.2, 0) is 16.1 Å². The molecule has 0 spiro atoms. The fourth-order valence-corrected chi connectivity index (χ4v) is 3.66. The Morgan fingerprint density at radius 1 is 1.18 bits per heavy atom. The second kappa shape index (κ2) is 7.44. The van der Waals surface area contributed by atoms with Crippen LogP contribution in [0.15, 0.2) is 54.9 Å². The number of fused-ring (bicyclic) bond motifs is 1. The number of hydrogen-bond donors (Lipinski definition) is 2. The summed E-state index contributed by atoms with van der Waals surface area (Å²) in [6.07, 6.45) is 1.42. The zero-order valence-corrected chi connectivity index (χ0v) is 15.6. The number of carbonyl (C=O) groups is 2. The molecule has 0 radical (unpaired) electrons. The highest BCUT2D eigenvalue weighted by Gasteiger charge is 2.37. The van der Waals surface area contributed by atoms with Crippen molar-refractivity contribution in [1.29, 1.82) is 0 Å². The minimum Gasteiger partial charge on any atom is -0.391 e. The van der Waals surface area contributed by atoms with Gasteiger partial charge in [-0.1, -0.05) is 24.3 Å². The number of carbonyl (C=O) groups excluding carboxylic acids is 2. The molecule has 0 bridgehead atoms. The molecule has 2 amide bonds. The van der Waals surface area contributed by atoms with Gasteiger partial charge in [-0.3, -0.25) is 14.2 Å². The summed E-state index contributed by atoms with van der Waals surface area (Å²) in [5.41, 5.74) is 3.92. The van der Waals surface area contributed by atoms with Crippen LogP contribution >= 0.6 is 0 Å². The van der Waals surface area contributed by atoms with Crippen molar-refractivity contribution in [2.24, 2.45) is 0 Å². The fourth-order valence-electron chi connectivity index (χ4n) is 3.66. The lowest BCUT2D eigenvalue weighted by Gasteiger charge is -2.22. The van der Waals surface area contributed by atoms with E-state index < -0.39 is 12.1 Å². The highest BCUT2D eigenvalue weighted by molar-refractivity contribution is 5.87. The third-order valence-corrected chi connectivity index (χ3v) is 5.12. The van der Waals surface area contributed by atoms with Crippen molar-refractivity contribution < 1.29 is 14.7 Å². The maximum atomic E-state index is 12.5. The second-order valence-corrected chi connectivity index (χ2v) is 7.06. The second-order valence-electron chi connectivity index (χ2n) is 7.06. The van der Waals surface area contributed by atoms with Crippen molar-refractivity contribution in [3.05, 3.63) is 60.4 Å². The van der Waals surface area contributed by atoms with Gasteiger partial charge >= 0.3 is 0 Å². The Labute approximate surface area is 162 Å². The molecule has 3 aromatic rings. The fraction of sp³-hybridized carbons (Fsp3) is 0.286. The summed E-state index contributed by atoms with van der Waals surface area (Å²) in [6.45, 7) is 1.99. The Morgan fingerprint density at radius 2 is 1.93 bits per heavy atom. The number of likely N-dealkylation sites (tertiary alicyclic amines) is 1. The van der Waals surface area contributed by atoms with Crippen LogP contribution in [0.4, 0.5) is 0 Å². The maximum absolute atomic E-state index is 12.5. The van der Waals surface area contributed by atoms with Crippen LogP contribution in [0.3, 0.4) is 0 Å². The molecule has 4 rings (SSSR count). The van der Waals surface area contributed by atoms with Crippen molar-refractivity contribution in [2.45, 2.75) is 32.0 Å². The number of imidazole rings is 1. The van der Waals surface area contributed by atoms with E-state index in [0.717, 1.165) is 22.3 Å². The van der Waals surface area contributed by atoms with Crippen LogP contribution in [0.25, 0.3) is 16.7 Å². The van der Waals surface area contributed by atoms with Gasteiger partial charge in [-0.25, -0.2) is 4.98 Å². The van der Waals surface area contributed by atoms with Crippen molar-refractivity contribution in [2.75, 3.05) is 6.54 Å². The van der Waals surface area contributed by atoms with Crippen LogP contribution in [0.1, 0.15) is 18.9 Å². The van der Waals surface area contributed by atoms with Gasteiger partial charge in [-0.15, -0.1) is 0 Å². The molecule has 0 unspecified atom stereocenters. The SMILES string of the molecule is CC(=O)N1C[C@H](O)C[C@@H]1C(=O)NCc1ccc(-n2cnc3ccccc32)cc1. The van der Waals surface area contributed by atoms with Crippen molar-refractivity contribution in [1.82, 2.24) is 19.8 Å². The first kappa shape index (κ1) is 18.2. The minimum atomic E-state index is -0.649. The zero-order chi connectivity index (χ0) is 19.7. The van der Waals surface area contributed by atoms with Gasteiger partial charge in [-0.05, 0) is 29.8 Å². The van der Waals surface area contributed by atoms with Crippen LogP contribution in [0, 0.1) is 0 Å². The Bertz CT molecular complexity index is 1010. The third-order valence-electron chi connectivity index (χ3n) is 5.12. The van der Waals surface area contributed by atoms with Crippen molar-refractivity contribution in [3.63, 3.8) is 0 Å². The van der Waals surface area contributed by atoms with E-state index in [1.165, 1.54) is 11.8 Å². The molecule has 28 heavy (non-hydrogen) atoms. The summed E-state index contributed by atoms with van der Waals surface area (Å²) in [5.74, 6) is -0.440. The van der Waals surface area contributed by atoms with Crippen LogP contribution in [0.5, 0.6) is 0 Å². The first-order valence-corrected chi connectivity index (χ1v) is 9.27. The molecule has 7 heteroatoms. The van der Waals surface area contributed by atoms with Crippen LogP contribution in [-0.4, -0.2) is 50.1 Å². The number of amides is 2. The van der Waals surface area contributed by atoms with Crippen molar-refractivity contribution >= 4 is 22.8 Å². The number of benzene rings is 2. The lowest BCUT2D eigenvalue weighted by Crippen LogP contribution is -2.44. The Balaban J connectivity index is 1.42. The smallest absolute Gasteiger partial charge is 0.243 e. The Morgan fingerprint density at radius 3 is 2.68 bits per heavy atom. The average molecular weight is 378 g/mol. The number of nitrogens with one attached hydrogen (secondary N) is 1. The van der Waals surface area contributed by atoms with Crippen LogP contribution in [0.2, 0.25) is 0 Å². The third kappa shape index (κ3) is 3.48. The first-order chi connectivity index (χ1) is 13.5. The molecule has 144 valence electrons. The monoisotopic (exact) mass is 378 g/mol. The van der Waals surface area contributed by atoms with E-state index in [9.17, 15) is 14.7 Å². The van der Waals surface area contributed by atoms with Crippen molar-refractivity contribution in [3.8, 4) is 5.69 Å². The van der Waals surface area contributed by atoms with Gasteiger partial charge in [0, 0.05) is 32.1 Å². The van der Waals surface area contributed by atoms with E-state index in [2.05, 4.69) is 10.3 Å². The molecule has 1 saturated heterocycles. The number of aromatic nitrogens is 2. The first-order valence-electron chi connectivity index (χ1n) is 9.27. The summed E-state index contributed by atoms with van der Waals surface area (Å²) in [7, 11) is 0. The van der Waals surface area contributed by atoms with Crippen LogP contribution < -0.4 is 5.32 Å². The number of hydrogen-bond acceptors (Lipinski definition) is 4.